The van der Waals surface area contributed by atoms with E-state index in [1.807, 2.05) is 24.3 Å². The Hall–Kier alpha value is -1.88. The van der Waals surface area contributed by atoms with Crippen LogP contribution in [-0.2, 0) is 4.79 Å². The maximum Gasteiger partial charge on any atom is 0.232 e. The summed E-state index contributed by atoms with van der Waals surface area (Å²) in [4.78, 5) is 12.4. The normalized spacial score (nSPS) is 16.8. The third kappa shape index (κ3) is 2.93. The van der Waals surface area contributed by atoms with Crippen LogP contribution in [-0.4, -0.2) is 12.5 Å². The van der Waals surface area contributed by atoms with Gasteiger partial charge in [0.15, 0.2) is 0 Å². The summed E-state index contributed by atoms with van der Waals surface area (Å²) in [5.41, 5.74) is 1.32. The molecule has 1 atom stereocenters. The molecule has 1 aliphatic heterocycles. The standard InChI is InChI=1S/C16H13BrFNO2/c17-13-6-5-10(9-14(13)18)19-16(20)12-7-8-21-15-4-2-1-3-11(12)15/h1-6,9,12H,7-8H2,(H,19,20). The molecule has 0 saturated carbocycles. The number of hydrogen-bond acceptors (Lipinski definition) is 2. The van der Waals surface area contributed by atoms with Crippen molar-refractivity contribution in [2.24, 2.45) is 0 Å². The smallest absolute Gasteiger partial charge is 0.232 e. The summed E-state index contributed by atoms with van der Waals surface area (Å²) in [6.45, 7) is 0.504. The summed E-state index contributed by atoms with van der Waals surface area (Å²) in [6.07, 6.45) is 0.613. The minimum Gasteiger partial charge on any atom is -0.493 e. The molecule has 21 heavy (non-hydrogen) atoms. The summed E-state index contributed by atoms with van der Waals surface area (Å²) in [5, 5.41) is 2.77. The van der Waals surface area contributed by atoms with Crippen molar-refractivity contribution in [3.63, 3.8) is 0 Å². The monoisotopic (exact) mass is 349 g/mol. The molecule has 3 nitrogen and oxygen atoms in total. The molecule has 0 aromatic heterocycles. The van der Waals surface area contributed by atoms with Crippen molar-refractivity contribution in [3.8, 4) is 5.75 Å². The Bertz CT molecular complexity index is 690. The molecule has 1 N–H and O–H groups in total. The molecular formula is C16H13BrFNO2. The molecule has 0 bridgehead atoms. The van der Waals surface area contributed by atoms with Gasteiger partial charge in [-0.25, -0.2) is 4.39 Å². The number of para-hydroxylation sites is 1. The predicted molar refractivity (Wildman–Crippen MR) is 82.0 cm³/mol. The summed E-state index contributed by atoms with van der Waals surface area (Å²) in [5.74, 6) is -0.0832. The summed E-state index contributed by atoms with van der Waals surface area (Å²) >= 11 is 3.09. The number of amides is 1. The Morgan fingerprint density at radius 2 is 2.10 bits per heavy atom. The van der Waals surface area contributed by atoms with Gasteiger partial charge < -0.3 is 10.1 Å². The number of anilines is 1. The Balaban J connectivity index is 1.81. The van der Waals surface area contributed by atoms with E-state index in [-0.39, 0.29) is 11.8 Å². The lowest BCUT2D eigenvalue weighted by molar-refractivity contribution is -0.118. The fourth-order valence-corrected chi connectivity index (χ4v) is 2.66. The number of nitrogens with one attached hydrogen (secondary N) is 1. The van der Waals surface area contributed by atoms with Gasteiger partial charge in [-0.15, -0.1) is 0 Å². The first-order chi connectivity index (χ1) is 10.1. The zero-order valence-corrected chi connectivity index (χ0v) is 12.7. The quantitative estimate of drug-likeness (QED) is 0.886. The maximum absolute atomic E-state index is 13.5. The Morgan fingerprint density at radius 1 is 1.29 bits per heavy atom. The van der Waals surface area contributed by atoms with E-state index in [2.05, 4.69) is 21.2 Å². The number of carbonyl (C=O) groups is 1. The fourth-order valence-electron chi connectivity index (χ4n) is 2.42. The second-order valence-electron chi connectivity index (χ2n) is 4.85. The van der Waals surface area contributed by atoms with Gasteiger partial charge in [-0.3, -0.25) is 4.79 Å². The van der Waals surface area contributed by atoms with Crippen LogP contribution in [0.3, 0.4) is 0 Å². The molecule has 0 radical (unpaired) electrons. The highest BCUT2D eigenvalue weighted by atomic mass is 79.9. The Kier molecular flexibility index (Phi) is 3.92. The molecule has 1 amide bonds. The van der Waals surface area contributed by atoms with Crippen LogP contribution in [0.4, 0.5) is 10.1 Å². The predicted octanol–water partition coefficient (Wildman–Crippen LogP) is 4.09. The van der Waals surface area contributed by atoms with Crippen LogP contribution in [0, 0.1) is 5.82 Å². The average molecular weight is 350 g/mol. The highest BCUT2D eigenvalue weighted by molar-refractivity contribution is 9.10. The van der Waals surface area contributed by atoms with Crippen molar-refractivity contribution in [2.75, 3.05) is 11.9 Å². The molecular weight excluding hydrogens is 337 g/mol. The van der Waals surface area contributed by atoms with Crippen molar-refractivity contribution in [1.29, 1.82) is 0 Å². The molecule has 108 valence electrons. The maximum atomic E-state index is 13.5. The number of carbonyl (C=O) groups excluding carboxylic acids is 1. The largest absolute Gasteiger partial charge is 0.493 e. The van der Waals surface area contributed by atoms with E-state index in [4.69, 9.17) is 4.74 Å². The molecule has 2 aromatic rings. The van der Waals surface area contributed by atoms with E-state index >= 15 is 0 Å². The lowest BCUT2D eigenvalue weighted by atomic mass is 9.92. The van der Waals surface area contributed by atoms with Crippen LogP contribution >= 0.6 is 15.9 Å². The van der Waals surface area contributed by atoms with Gasteiger partial charge in [0.1, 0.15) is 11.6 Å². The fraction of sp³-hybridized carbons (Fsp3) is 0.188. The van der Waals surface area contributed by atoms with E-state index < -0.39 is 5.82 Å². The molecule has 0 fully saturated rings. The first-order valence-corrected chi connectivity index (χ1v) is 7.42. The molecule has 3 rings (SSSR count). The molecule has 5 heteroatoms. The second-order valence-corrected chi connectivity index (χ2v) is 5.70. The van der Waals surface area contributed by atoms with Crippen LogP contribution in [0.25, 0.3) is 0 Å². The topological polar surface area (TPSA) is 38.3 Å². The number of benzene rings is 2. The van der Waals surface area contributed by atoms with Gasteiger partial charge in [-0.1, -0.05) is 18.2 Å². The van der Waals surface area contributed by atoms with Crippen molar-refractivity contribution in [3.05, 3.63) is 58.3 Å². The number of rotatable bonds is 2. The van der Waals surface area contributed by atoms with Crippen molar-refractivity contribution in [1.82, 2.24) is 0 Å². The van der Waals surface area contributed by atoms with Gasteiger partial charge in [0.05, 0.1) is 17.0 Å². The van der Waals surface area contributed by atoms with E-state index in [1.54, 1.807) is 12.1 Å². The summed E-state index contributed by atoms with van der Waals surface area (Å²) < 4.78 is 19.4. The van der Waals surface area contributed by atoms with Crippen molar-refractivity contribution >= 4 is 27.5 Å². The SMILES string of the molecule is O=C(Nc1ccc(Br)c(F)c1)C1CCOc2ccccc21. The molecule has 0 spiro atoms. The zero-order chi connectivity index (χ0) is 14.8. The van der Waals surface area contributed by atoms with Crippen molar-refractivity contribution in [2.45, 2.75) is 12.3 Å². The second kappa shape index (κ2) is 5.85. The van der Waals surface area contributed by atoms with Gasteiger partial charge in [-0.05, 0) is 46.6 Å². The minimum absolute atomic E-state index is 0.146. The van der Waals surface area contributed by atoms with E-state index in [0.29, 0.717) is 23.2 Å². The summed E-state index contributed by atoms with van der Waals surface area (Å²) in [7, 11) is 0. The van der Waals surface area contributed by atoms with Gasteiger partial charge >= 0.3 is 0 Å². The molecule has 0 aliphatic carbocycles. The first kappa shape index (κ1) is 14.1. The van der Waals surface area contributed by atoms with Crippen LogP contribution < -0.4 is 10.1 Å². The molecule has 1 aliphatic rings. The van der Waals surface area contributed by atoms with Gasteiger partial charge in [-0.2, -0.15) is 0 Å². The number of ether oxygens (including phenoxy) is 1. The van der Waals surface area contributed by atoms with Crippen LogP contribution in [0.5, 0.6) is 5.75 Å². The van der Waals surface area contributed by atoms with Gasteiger partial charge in [0.25, 0.3) is 0 Å². The molecule has 0 saturated heterocycles. The number of fused-ring (bicyclic) bond motifs is 1. The highest BCUT2D eigenvalue weighted by Crippen LogP contribution is 2.34. The third-order valence-corrected chi connectivity index (χ3v) is 4.11. The lowest BCUT2D eigenvalue weighted by Gasteiger charge is -2.25. The summed E-state index contributed by atoms with van der Waals surface area (Å²) in [6, 6.07) is 12.0. The number of halogens is 2. The Labute approximate surface area is 130 Å². The van der Waals surface area contributed by atoms with Gasteiger partial charge in [0, 0.05) is 11.3 Å². The van der Waals surface area contributed by atoms with E-state index in [0.717, 1.165) is 11.3 Å². The molecule has 1 unspecified atom stereocenters. The number of hydrogen-bond donors (Lipinski definition) is 1. The molecule has 2 aromatic carbocycles. The van der Waals surface area contributed by atoms with E-state index in [9.17, 15) is 9.18 Å². The first-order valence-electron chi connectivity index (χ1n) is 6.63. The lowest BCUT2D eigenvalue weighted by Crippen LogP contribution is -2.26. The van der Waals surface area contributed by atoms with Crippen LogP contribution in [0.2, 0.25) is 0 Å². The third-order valence-electron chi connectivity index (χ3n) is 3.46. The van der Waals surface area contributed by atoms with Crippen LogP contribution in [0.15, 0.2) is 46.9 Å². The Morgan fingerprint density at radius 3 is 2.90 bits per heavy atom. The van der Waals surface area contributed by atoms with E-state index in [1.165, 1.54) is 6.07 Å². The van der Waals surface area contributed by atoms with Crippen molar-refractivity contribution < 1.29 is 13.9 Å². The van der Waals surface area contributed by atoms with Gasteiger partial charge in [0.2, 0.25) is 5.91 Å². The molecule has 1 heterocycles. The highest BCUT2D eigenvalue weighted by Gasteiger charge is 2.27. The minimum atomic E-state index is -0.403. The van der Waals surface area contributed by atoms with Crippen LogP contribution in [0.1, 0.15) is 17.9 Å². The average Bonchev–Trinajstić information content (AvgIpc) is 2.50. The zero-order valence-electron chi connectivity index (χ0n) is 11.1.